The van der Waals surface area contributed by atoms with Gasteiger partial charge in [-0.1, -0.05) is 6.58 Å². The van der Waals surface area contributed by atoms with Crippen molar-refractivity contribution in [1.29, 1.82) is 0 Å². The van der Waals surface area contributed by atoms with Crippen LogP contribution in [0.2, 0.25) is 0 Å². The first-order chi connectivity index (χ1) is 8.57. The van der Waals surface area contributed by atoms with E-state index in [0.717, 1.165) is 25.7 Å². The molecule has 5 heteroatoms. The van der Waals surface area contributed by atoms with Crippen LogP contribution in [0.1, 0.15) is 39.0 Å². The van der Waals surface area contributed by atoms with Crippen molar-refractivity contribution in [3.8, 4) is 0 Å². The second-order valence-electron chi connectivity index (χ2n) is 4.34. The molecule has 0 fully saturated rings. The number of carbonyl (C=O) groups excluding carboxylic acids is 2. The molecule has 5 nitrogen and oxygen atoms in total. The maximum Gasteiger partial charge on any atom is 0.246 e. The molecule has 0 aliphatic heterocycles. The number of rotatable bonds is 10. The Bertz CT molecular complexity index is 277. The Hall–Kier alpha value is -1.36. The van der Waals surface area contributed by atoms with Crippen LogP contribution in [0.4, 0.5) is 0 Å². The number of hydrogen-bond donors (Lipinski definition) is 3. The molecule has 2 amide bonds. The molecular weight excluding hydrogens is 230 g/mol. The Kier molecular flexibility index (Phi) is 9.96. The van der Waals surface area contributed by atoms with Crippen LogP contribution in [0.25, 0.3) is 0 Å². The van der Waals surface area contributed by atoms with E-state index in [9.17, 15) is 9.59 Å². The van der Waals surface area contributed by atoms with E-state index in [1.807, 2.05) is 0 Å². The summed E-state index contributed by atoms with van der Waals surface area (Å²) >= 11 is 0. The minimum Gasteiger partial charge on any atom is -0.356 e. The Morgan fingerprint density at radius 2 is 1.67 bits per heavy atom. The van der Waals surface area contributed by atoms with Gasteiger partial charge >= 0.3 is 0 Å². The second kappa shape index (κ2) is 10.8. The molecule has 0 aliphatic rings. The van der Waals surface area contributed by atoms with Crippen LogP contribution in [0, 0.1) is 0 Å². The van der Waals surface area contributed by atoms with Crippen molar-refractivity contribution in [3.63, 3.8) is 0 Å². The summed E-state index contributed by atoms with van der Waals surface area (Å²) in [7, 11) is 0. The second-order valence-corrected chi connectivity index (χ2v) is 4.34. The van der Waals surface area contributed by atoms with E-state index < -0.39 is 0 Å². The third-order valence-electron chi connectivity index (χ3n) is 2.46. The Balaban J connectivity index is 3.35. The van der Waals surface area contributed by atoms with E-state index in [1.165, 1.54) is 0 Å². The Labute approximate surface area is 109 Å². The predicted octanol–water partition coefficient (Wildman–Crippen LogP) is 0.704. The van der Waals surface area contributed by atoms with E-state index in [-0.39, 0.29) is 11.8 Å². The summed E-state index contributed by atoms with van der Waals surface area (Å²) in [6.07, 6.45) is 3.95. The van der Waals surface area contributed by atoms with Crippen molar-refractivity contribution in [2.75, 3.05) is 19.6 Å². The van der Waals surface area contributed by atoms with Gasteiger partial charge in [0.05, 0.1) is 0 Å². The normalized spacial score (nSPS) is 9.89. The van der Waals surface area contributed by atoms with Gasteiger partial charge in [0.2, 0.25) is 11.8 Å². The fraction of sp³-hybridized carbons (Fsp3) is 0.692. The molecule has 0 unspecified atom stereocenters. The Morgan fingerprint density at radius 1 is 1.06 bits per heavy atom. The number of hydrogen-bond acceptors (Lipinski definition) is 3. The maximum atomic E-state index is 11.4. The topological polar surface area (TPSA) is 84.2 Å². The van der Waals surface area contributed by atoms with Gasteiger partial charge in [-0.25, -0.2) is 0 Å². The van der Waals surface area contributed by atoms with Gasteiger partial charge in [-0.3, -0.25) is 9.59 Å². The average Bonchev–Trinajstić information content (AvgIpc) is 2.33. The molecule has 0 saturated carbocycles. The molecule has 0 aromatic rings. The molecule has 18 heavy (non-hydrogen) atoms. The van der Waals surface area contributed by atoms with E-state index in [2.05, 4.69) is 17.2 Å². The van der Waals surface area contributed by atoms with Gasteiger partial charge in [0.15, 0.2) is 0 Å². The van der Waals surface area contributed by atoms with Crippen LogP contribution in [0.5, 0.6) is 0 Å². The van der Waals surface area contributed by atoms with Crippen LogP contribution in [0.15, 0.2) is 12.2 Å². The average molecular weight is 255 g/mol. The lowest BCUT2D eigenvalue weighted by atomic mass is 10.2. The highest BCUT2D eigenvalue weighted by molar-refractivity contribution is 5.92. The Morgan fingerprint density at radius 3 is 2.28 bits per heavy atom. The van der Waals surface area contributed by atoms with Crippen LogP contribution in [-0.4, -0.2) is 31.4 Å². The summed E-state index contributed by atoms with van der Waals surface area (Å²) in [6, 6.07) is 0. The quantitative estimate of drug-likeness (QED) is 0.397. The largest absolute Gasteiger partial charge is 0.356 e. The monoisotopic (exact) mass is 255 g/mol. The molecule has 0 aromatic heterocycles. The fourth-order valence-electron chi connectivity index (χ4n) is 1.35. The van der Waals surface area contributed by atoms with E-state index >= 15 is 0 Å². The SMILES string of the molecule is C=C(C)C(=O)NCCCCC(=O)NCCCCN. The molecule has 0 radical (unpaired) electrons. The number of nitrogens with two attached hydrogens (primary N) is 1. The van der Waals surface area contributed by atoms with Crippen molar-refractivity contribution in [3.05, 3.63) is 12.2 Å². The zero-order valence-corrected chi connectivity index (χ0v) is 11.3. The van der Waals surface area contributed by atoms with Crippen LogP contribution >= 0.6 is 0 Å². The van der Waals surface area contributed by atoms with Crippen LogP contribution in [-0.2, 0) is 9.59 Å². The summed E-state index contributed by atoms with van der Waals surface area (Å²) in [5, 5.41) is 5.57. The van der Waals surface area contributed by atoms with Crippen molar-refractivity contribution in [1.82, 2.24) is 10.6 Å². The van der Waals surface area contributed by atoms with Gasteiger partial charge in [0.1, 0.15) is 0 Å². The molecule has 0 atom stereocenters. The zero-order valence-electron chi connectivity index (χ0n) is 11.3. The molecule has 104 valence electrons. The number of nitrogens with one attached hydrogen (secondary N) is 2. The minimum atomic E-state index is -0.124. The summed E-state index contributed by atoms with van der Waals surface area (Å²) in [4.78, 5) is 22.5. The molecule has 0 rings (SSSR count). The van der Waals surface area contributed by atoms with Gasteiger partial charge in [-0.05, 0) is 39.2 Å². The van der Waals surface area contributed by atoms with Crippen molar-refractivity contribution < 1.29 is 9.59 Å². The highest BCUT2D eigenvalue weighted by atomic mass is 16.2. The van der Waals surface area contributed by atoms with Gasteiger partial charge in [0.25, 0.3) is 0 Å². The number of carbonyl (C=O) groups is 2. The molecular formula is C13H25N3O2. The van der Waals surface area contributed by atoms with Crippen molar-refractivity contribution in [2.45, 2.75) is 39.0 Å². The van der Waals surface area contributed by atoms with Gasteiger partial charge in [-0.15, -0.1) is 0 Å². The standard InChI is InChI=1S/C13H25N3O2/c1-11(2)13(18)16-10-5-3-7-12(17)15-9-6-4-8-14/h1,3-10,14H2,2H3,(H,15,17)(H,16,18). The number of unbranched alkanes of at least 4 members (excludes halogenated alkanes) is 2. The molecule has 0 heterocycles. The van der Waals surface area contributed by atoms with Gasteiger partial charge in [0, 0.05) is 25.1 Å². The number of amides is 2. The van der Waals surface area contributed by atoms with Gasteiger partial charge in [-0.2, -0.15) is 0 Å². The summed E-state index contributed by atoms with van der Waals surface area (Å²) in [6.45, 7) is 7.17. The maximum absolute atomic E-state index is 11.4. The molecule has 0 bridgehead atoms. The third-order valence-corrected chi connectivity index (χ3v) is 2.46. The third kappa shape index (κ3) is 9.84. The zero-order chi connectivity index (χ0) is 13.8. The smallest absolute Gasteiger partial charge is 0.246 e. The van der Waals surface area contributed by atoms with Gasteiger partial charge < -0.3 is 16.4 Å². The lowest BCUT2D eigenvalue weighted by Gasteiger charge is -2.06. The predicted molar refractivity (Wildman–Crippen MR) is 73.0 cm³/mol. The van der Waals surface area contributed by atoms with E-state index in [4.69, 9.17) is 5.73 Å². The first-order valence-electron chi connectivity index (χ1n) is 6.48. The first-order valence-corrected chi connectivity index (χ1v) is 6.48. The summed E-state index contributed by atoms with van der Waals surface area (Å²) in [5.41, 5.74) is 5.86. The van der Waals surface area contributed by atoms with E-state index in [0.29, 0.717) is 31.6 Å². The minimum absolute atomic E-state index is 0.0678. The van der Waals surface area contributed by atoms with Crippen molar-refractivity contribution >= 4 is 11.8 Å². The molecule has 0 spiro atoms. The van der Waals surface area contributed by atoms with Crippen LogP contribution < -0.4 is 16.4 Å². The molecule has 0 saturated heterocycles. The van der Waals surface area contributed by atoms with Crippen LogP contribution in [0.3, 0.4) is 0 Å². The molecule has 4 N–H and O–H groups in total. The highest BCUT2D eigenvalue weighted by Gasteiger charge is 2.02. The van der Waals surface area contributed by atoms with E-state index in [1.54, 1.807) is 6.92 Å². The summed E-state index contributed by atoms with van der Waals surface area (Å²) < 4.78 is 0. The lowest BCUT2D eigenvalue weighted by molar-refractivity contribution is -0.121. The molecule has 0 aliphatic carbocycles. The first kappa shape index (κ1) is 16.6. The molecule has 0 aromatic carbocycles. The van der Waals surface area contributed by atoms with Crippen molar-refractivity contribution in [2.24, 2.45) is 5.73 Å². The fourth-order valence-corrected chi connectivity index (χ4v) is 1.35. The highest BCUT2D eigenvalue weighted by Crippen LogP contribution is 1.95. The summed E-state index contributed by atoms with van der Waals surface area (Å²) in [5.74, 6) is -0.0560. The lowest BCUT2D eigenvalue weighted by Crippen LogP contribution is -2.26.